The zero-order chi connectivity index (χ0) is 25.5. The van der Waals surface area contributed by atoms with Crippen molar-refractivity contribution in [3.8, 4) is 11.5 Å². The molecule has 0 aliphatic carbocycles. The highest BCUT2D eigenvalue weighted by Gasteiger charge is 2.23. The molecule has 0 bridgehead atoms. The van der Waals surface area contributed by atoms with Crippen molar-refractivity contribution in [1.82, 2.24) is 19.9 Å². The van der Waals surface area contributed by atoms with Crippen LogP contribution in [0.2, 0.25) is 5.02 Å². The van der Waals surface area contributed by atoms with Gasteiger partial charge in [0.1, 0.15) is 30.3 Å². The largest absolute Gasteiger partial charge is 0.486 e. The van der Waals surface area contributed by atoms with E-state index < -0.39 is 6.10 Å². The van der Waals surface area contributed by atoms with Crippen LogP contribution in [-0.4, -0.2) is 57.7 Å². The monoisotopic (exact) mass is 507 g/mol. The molecule has 0 aliphatic rings. The van der Waals surface area contributed by atoms with Gasteiger partial charge in [-0.3, -0.25) is 9.78 Å². The minimum absolute atomic E-state index is 0.152. The maximum Gasteiger partial charge on any atom is 0.263 e. The van der Waals surface area contributed by atoms with Gasteiger partial charge in [-0.15, -0.1) is 0 Å². The number of pyridine rings is 1. The Morgan fingerprint density at radius 1 is 1.08 bits per heavy atom. The number of rotatable bonds is 10. The number of halogens is 1. The highest BCUT2D eigenvalue weighted by molar-refractivity contribution is 6.32. The van der Waals surface area contributed by atoms with Gasteiger partial charge in [0.15, 0.2) is 6.10 Å². The van der Waals surface area contributed by atoms with Crippen LogP contribution in [0.15, 0.2) is 67.1 Å². The first-order valence-electron chi connectivity index (χ1n) is 11.3. The highest BCUT2D eigenvalue weighted by atomic mass is 35.5. The summed E-state index contributed by atoms with van der Waals surface area (Å²) in [7, 11) is 3.28. The second kappa shape index (κ2) is 11.7. The molecule has 4 aromatic rings. The number of hydrogen-bond acceptors (Lipinski definition) is 8. The van der Waals surface area contributed by atoms with Gasteiger partial charge in [0, 0.05) is 39.0 Å². The lowest BCUT2D eigenvalue weighted by Crippen LogP contribution is -2.38. The predicted octanol–water partition coefficient (Wildman–Crippen LogP) is 4.22. The molecule has 0 spiro atoms. The van der Waals surface area contributed by atoms with Crippen LogP contribution in [-0.2, 0) is 11.4 Å². The third kappa shape index (κ3) is 5.99. The number of fused-ring (bicyclic) bond motifs is 1. The van der Waals surface area contributed by atoms with Crippen molar-refractivity contribution in [3.63, 3.8) is 0 Å². The number of carbonyl (C=O) groups is 1. The average molecular weight is 508 g/mol. The van der Waals surface area contributed by atoms with Gasteiger partial charge in [0.05, 0.1) is 21.6 Å². The fourth-order valence-corrected chi connectivity index (χ4v) is 3.77. The van der Waals surface area contributed by atoms with Crippen LogP contribution < -0.4 is 14.8 Å². The van der Waals surface area contributed by atoms with Crippen LogP contribution in [0.3, 0.4) is 0 Å². The molecule has 0 saturated carbocycles. The van der Waals surface area contributed by atoms with Crippen molar-refractivity contribution in [3.05, 3.63) is 77.8 Å². The summed E-state index contributed by atoms with van der Waals surface area (Å²) < 4.78 is 11.9. The van der Waals surface area contributed by atoms with Gasteiger partial charge in [-0.2, -0.15) is 0 Å². The van der Waals surface area contributed by atoms with E-state index in [0.717, 1.165) is 5.69 Å². The van der Waals surface area contributed by atoms with Crippen molar-refractivity contribution in [1.29, 1.82) is 0 Å². The zero-order valence-corrected chi connectivity index (χ0v) is 20.6. The Balaban J connectivity index is 1.59. The summed E-state index contributed by atoms with van der Waals surface area (Å²) in [5.41, 5.74) is 2.10. The van der Waals surface area contributed by atoms with E-state index in [-0.39, 0.29) is 18.9 Å². The first-order valence-corrected chi connectivity index (χ1v) is 11.7. The molecule has 9 nitrogen and oxygen atoms in total. The standard InChI is InChI=1S/C26H26ClN5O4/c1-32(2)26(34)23(11-13-33)36-22-8-5-7-20-24(22)25(30-16-29-20)31-17-9-10-21(19(27)14-17)35-15-18-6-3-4-12-28-18/h3-10,12,14,16,23,33H,11,13,15H2,1-2H3,(H,29,30,31)/t23-/m1/s1. The summed E-state index contributed by atoms with van der Waals surface area (Å²) in [5, 5.41) is 13.7. The van der Waals surface area contributed by atoms with Crippen LogP contribution in [0.25, 0.3) is 10.9 Å². The van der Waals surface area contributed by atoms with Crippen molar-refractivity contribution in [2.24, 2.45) is 0 Å². The predicted molar refractivity (Wildman–Crippen MR) is 138 cm³/mol. The lowest BCUT2D eigenvalue weighted by molar-refractivity contribution is -0.136. The quantitative estimate of drug-likeness (QED) is 0.328. The molecule has 0 aliphatic heterocycles. The van der Waals surface area contributed by atoms with E-state index >= 15 is 0 Å². The molecular weight excluding hydrogens is 482 g/mol. The number of nitrogens with zero attached hydrogens (tertiary/aromatic N) is 4. The molecule has 2 N–H and O–H groups in total. The summed E-state index contributed by atoms with van der Waals surface area (Å²) in [4.78, 5) is 27.0. The van der Waals surface area contributed by atoms with Crippen LogP contribution in [0.5, 0.6) is 11.5 Å². The molecule has 1 atom stereocenters. The number of aromatic nitrogens is 3. The Kier molecular flexibility index (Phi) is 8.14. The molecule has 1 amide bonds. The Labute approximate surface area is 213 Å². The molecule has 2 aromatic heterocycles. The number of nitrogens with one attached hydrogen (secondary N) is 1. The van der Waals surface area contributed by atoms with Gasteiger partial charge >= 0.3 is 0 Å². The fourth-order valence-electron chi connectivity index (χ4n) is 3.53. The maximum absolute atomic E-state index is 12.6. The third-order valence-corrected chi connectivity index (χ3v) is 5.59. The lowest BCUT2D eigenvalue weighted by atomic mass is 10.2. The summed E-state index contributed by atoms with van der Waals surface area (Å²) in [6, 6.07) is 16.3. The van der Waals surface area contributed by atoms with Gasteiger partial charge in [0.2, 0.25) is 0 Å². The molecule has 0 saturated heterocycles. The Morgan fingerprint density at radius 2 is 1.94 bits per heavy atom. The average Bonchev–Trinajstić information content (AvgIpc) is 2.88. The number of carbonyl (C=O) groups excluding carboxylic acids is 1. The first-order chi connectivity index (χ1) is 17.5. The summed E-state index contributed by atoms with van der Waals surface area (Å²) in [5.74, 6) is 1.18. The molecule has 36 heavy (non-hydrogen) atoms. The normalized spacial score (nSPS) is 11.7. The van der Waals surface area contributed by atoms with Gasteiger partial charge in [0.25, 0.3) is 5.91 Å². The number of ether oxygens (including phenoxy) is 2. The summed E-state index contributed by atoms with van der Waals surface area (Å²) in [6.45, 7) is 0.106. The van der Waals surface area contributed by atoms with Gasteiger partial charge in [-0.05, 0) is 42.5 Å². The van der Waals surface area contributed by atoms with E-state index in [1.54, 1.807) is 44.6 Å². The number of hydrogen-bond donors (Lipinski definition) is 2. The Bertz CT molecular complexity index is 1330. The van der Waals surface area contributed by atoms with E-state index in [2.05, 4.69) is 20.3 Å². The molecule has 186 valence electrons. The first kappa shape index (κ1) is 25.2. The van der Waals surface area contributed by atoms with Gasteiger partial charge in [-0.1, -0.05) is 23.7 Å². The van der Waals surface area contributed by atoms with Gasteiger partial charge < -0.3 is 24.8 Å². The SMILES string of the molecule is CN(C)C(=O)[C@@H](CCO)Oc1cccc2ncnc(Nc3ccc(OCc4ccccn4)c(Cl)c3)c12. The molecule has 4 rings (SSSR count). The second-order valence-corrected chi connectivity index (χ2v) is 8.51. The third-order valence-electron chi connectivity index (χ3n) is 5.30. The van der Waals surface area contributed by atoms with Crippen LogP contribution >= 0.6 is 11.6 Å². The molecule has 10 heteroatoms. The number of aliphatic hydroxyl groups is 1. The van der Waals surface area contributed by atoms with E-state index in [0.29, 0.717) is 45.5 Å². The van der Waals surface area contributed by atoms with E-state index in [4.69, 9.17) is 21.1 Å². The van der Waals surface area contributed by atoms with Crippen LogP contribution in [0.4, 0.5) is 11.5 Å². The molecular formula is C26H26ClN5O4. The molecule has 0 radical (unpaired) electrons. The molecule has 2 heterocycles. The van der Waals surface area contributed by atoms with Crippen molar-refractivity contribution in [2.45, 2.75) is 19.1 Å². The highest BCUT2D eigenvalue weighted by Crippen LogP contribution is 2.34. The number of aliphatic hydroxyl groups excluding tert-OH is 1. The number of likely N-dealkylation sites (N-methyl/N-ethyl adjacent to an activating group) is 1. The summed E-state index contributed by atoms with van der Waals surface area (Å²) >= 11 is 6.47. The fraction of sp³-hybridized carbons (Fsp3) is 0.231. The van der Waals surface area contributed by atoms with Crippen LogP contribution in [0, 0.1) is 0 Å². The van der Waals surface area contributed by atoms with Crippen LogP contribution in [0.1, 0.15) is 12.1 Å². The second-order valence-electron chi connectivity index (χ2n) is 8.10. The number of anilines is 2. The topological polar surface area (TPSA) is 110 Å². The number of benzene rings is 2. The van der Waals surface area contributed by atoms with E-state index in [9.17, 15) is 9.90 Å². The van der Waals surface area contributed by atoms with Crippen molar-refractivity contribution >= 4 is 39.9 Å². The zero-order valence-electron chi connectivity index (χ0n) is 19.9. The molecule has 0 unspecified atom stereocenters. The van der Waals surface area contributed by atoms with E-state index in [1.807, 2.05) is 30.3 Å². The maximum atomic E-state index is 12.6. The minimum Gasteiger partial charge on any atom is -0.486 e. The lowest BCUT2D eigenvalue weighted by Gasteiger charge is -2.22. The Morgan fingerprint density at radius 3 is 2.67 bits per heavy atom. The van der Waals surface area contributed by atoms with Crippen molar-refractivity contribution in [2.75, 3.05) is 26.0 Å². The van der Waals surface area contributed by atoms with Crippen molar-refractivity contribution < 1.29 is 19.4 Å². The molecule has 2 aromatic carbocycles. The smallest absolute Gasteiger partial charge is 0.263 e. The minimum atomic E-state index is -0.853. The molecule has 0 fully saturated rings. The number of amides is 1. The van der Waals surface area contributed by atoms with Gasteiger partial charge in [-0.25, -0.2) is 9.97 Å². The Hall–Kier alpha value is -3.95. The summed E-state index contributed by atoms with van der Waals surface area (Å²) in [6.07, 6.45) is 2.45. The van der Waals surface area contributed by atoms with E-state index in [1.165, 1.54) is 11.2 Å².